The van der Waals surface area contributed by atoms with Gasteiger partial charge in [0.05, 0.1) is 18.3 Å². The Balaban J connectivity index is 2.06. The second-order valence-electron chi connectivity index (χ2n) is 6.51. The van der Waals surface area contributed by atoms with Gasteiger partial charge in [0.15, 0.2) is 0 Å². The summed E-state index contributed by atoms with van der Waals surface area (Å²) >= 11 is 0. The summed E-state index contributed by atoms with van der Waals surface area (Å²) in [5.41, 5.74) is 1.75. The van der Waals surface area contributed by atoms with Crippen LogP contribution in [-0.2, 0) is 30.9 Å². The van der Waals surface area contributed by atoms with E-state index in [1.54, 1.807) is 0 Å². The number of benzene rings is 2. The van der Waals surface area contributed by atoms with Gasteiger partial charge < -0.3 is 14.0 Å². The first-order valence-corrected chi connectivity index (χ1v) is 8.69. The van der Waals surface area contributed by atoms with E-state index < -0.39 is 17.4 Å². The van der Waals surface area contributed by atoms with Crippen molar-refractivity contribution in [2.75, 3.05) is 13.7 Å². The molecule has 1 unspecified atom stereocenters. The number of carbonyl (C=O) groups excluding carboxylic acids is 2. The predicted molar refractivity (Wildman–Crippen MR) is 102 cm³/mol. The van der Waals surface area contributed by atoms with E-state index in [0.29, 0.717) is 5.69 Å². The standard InChI is InChI=1S/C22H19NO4/c1-3-12-27-21(25)22(20(24)26-2)14-16-9-5-7-11-18(16)23-17-10-6-4-8-15(17)13-19(22)23/h3-11,13H,1,12,14H2,2H3. The molecule has 0 saturated carbocycles. The average Bonchev–Trinajstić information content (AvgIpc) is 3.11. The number of hydrogen-bond acceptors (Lipinski definition) is 4. The van der Waals surface area contributed by atoms with Crippen LogP contribution in [0.5, 0.6) is 0 Å². The zero-order chi connectivity index (χ0) is 19.0. The molecule has 2 heterocycles. The SMILES string of the molecule is C=CCOC(=O)C1(C(=O)OC)Cc2ccccc2-n2c1cc1ccccc12. The van der Waals surface area contributed by atoms with Crippen LogP contribution in [-0.4, -0.2) is 30.2 Å². The zero-order valence-electron chi connectivity index (χ0n) is 15.0. The fourth-order valence-electron chi connectivity index (χ4n) is 3.85. The number of rotatable bonds is 4. The van der Waals surface area contributed by atoms with Crippen LogP contribution in [0.15, 0.2) is 67.3 Å². The number of para-hydroxylation sites is 2. The summed E-state index contributed by atoms with van der Waals surface area (Å²) in [6.45, 7) is 3.61. The molecule has 0 aliphatic carbocycles. The molecular formula is C22H19NO4. The van der Waals surface area contributed by atoms with Gasteiger partial charge in [0.1, 0.15) is 6.61 Å². The van der Waals surface area contributed by atoms with Gasteiger partial charge in [0.2, 0.25) is 5.41 Å². The highest BCUT2D eigenvalue weighted by Crippen LogP contribution is 2.42. The number of carbonyl (C=O) groups is 2. The predicted octanol–water partition coefficient (Wildman–Crippen LogP) is 3.33. The molecule has 1 aliphatic rings. The Morgan fingerprint density at radius 2 is 1.89 bits per heavy atom. The maximum atomic E-state index is 13.1. The third-order valence-corrected chi connectivity index (χ3v) is 5.05. The lowest BCUT2D eigenvalue weighted by atomic mass is 9.75. The minimum atomic E-state index is -1.56. The summed E-state index contributed by atoms with van der Waals surface area (Å²) < 4.78 is 12.4. The van der Waals surface area contributed by atoms with Gasteiger partial charge in [-0.1, -0.05) is 49.1 Å². The lowest BCUT2D eigenvalue weighted by Crippen LogP contribution is -2.50. The smallest absolute Gasteiger partial charge is 0.330 e. The third kappa shape index (κ3) is 2.39. The van der Waals surface area contributed by atoms with Crippen molar-refractivity contribution >= 4 is 22.8 Å². The van der Waals surface area contributed by atoms with Gasteiger partial charge >= 0.3 is 11.9 Å². The molecule has 0 radical (unpaired) electrons. The Kier molecular flexibility index (Phi) is 4.07. The normalized spacial score (nSPS) is 17.7. The molecule has 0 N–H and O–H groups in total. The number of methoxy groups -OCH3 is 1. The molecule has 0 saturated heterocycles. The second-order valence-corrected chi connectivity index (χ2v) is 6.51. The molecule has 1 atom stereocenters. The fraction of sp³-hybridized carbons (Fsp3) is 0.182. The molecule has 1 aliphatic heterocycles. The third-order valence-electron chi connectivity index (χ3n) is 5.05. The van der Waals surface area contributed by atoms with Gasteiger partial charge in [0.25, 0.3) is 0 Å². The largest absolute Gasteiger partial charge is 0.468 e. The number of fused-ring (bicyclic) bond motifs is 5. The molecule has 0 bridgehead atoms. The highest BCUT2D eigenvalue weighted by Gasteiger charge is 2.55. The summed E-state index contributed by atoms with van der Waals surface area (Å²) in [7, 11) is 1.29. The molecule has 1 aromatic heterocycles. The maximum absolute atomic E-state index is 13.1. The van der Waals surface area contributed by atoms with Gasteiger partial charge in [-0.2, -0.15) is 0 Å². The van der Waals surface area contributed by atoms with Gasteiger partial charge in [-0.25, -0.2) is 0 Å². The number of esters is 2. The Morgan fingerprint density at radius 3 is 2.67 bits per heavy atom. The topological polar surface area (TPSA) is 57.5 Å². The van der Waals surface area contributed by atoms with Crippen molar-refractivity contribution in [2.45, 2.75) is 11.8 Å². The van der Waals surface area contributed by atoms with E-state index in [1.807, 2.05) is 59.2 Å². The van der Waals surface area contributed by atoms with E-state index in [1.165, 1.54) is 13.2 Å². The first-order valence-electron chi connectivity index (χ1n) is 8.69. The minimum Gasteiger partial charge on any atom is -0.468 e. The highest BCUT2D eigenvalue weighted by molar-refractivity contribution is 6.08. The zero-order valence-corrected chi connectivity index (χ0v) is 15.0. The van der Waals surface area contributed by atoms with Crippen LogP contribution < -0.4 is 0 Å². The lowest BCUT2D eigenvalue weighted by Gasteiger charge is -2.35. The molecule has 0 fully saturated rings. The summed E-state index contributed by atoms with van der Waals surface area (Å²) in [6.07, 6.45) is 1.66. The number of hydrogen-bond donors (Lipinski definition) is 0. The van der Waals surface area contributed by atoms with E-state index in [0.717, 1.165) is 22.2 Å². The van der Waals surface area contributed by atoms with Gasteiger partial charge in [-0.3, -0.25) is 9.59 Å². The Morgan fingerprint density at radius 1 is 1.15 bits per heavy atom. The first kappa shape index (κ1) is 17.1. The summed E-state index contributed by atoms with van der Waals surface area (Å²) in [4.78, 5) is 26.1. The summed E-state index contributed by atoms with van der Waals surface area (Å²) in [6, 6.07) is 17.4. The maximum Gasteiger partial charge on any atom is 0.330 e. The molecule has 4 rings (SSSR count). The van der Waals surface area contributed by atoms with Crippen molar-refractivity contribution in [1.29, 1.82) is 0 Å². The van der Waals surface area contributed by atoms with E-state index in [2.05, 4.69) is 6.58 Å². The quantitative estimate of drug-likeness (QED) is 0.406. The highest BCUT2D eigenvalue weighted by atomic mass is 16.6. The van der Waals surface area contributed by atoms with Gasteiger partial charge in [-0.05, 0) is 23.8 Å². The number of aromatic nitrogens is 1. The van der Waals surface area contributed by atoms with Crippen molar-refractivity contribution in [2.24, 2.45) is 0 Å². The van der Waals surface area contributed by atoms with Crippen molar-refractivity contribution in [3.63, 3.8) is 0 Å². The first-order chi connectivity index (χ1) is 13.1. The van der Waals surface area contributed by atoms with E-state index in [4.69, 9.17) is 9.47 Å². The van der Waals surface area contributed by atoms with E-state index >= 15 is 0 Å². The second kappa shape index (κ2) is 6.43. The molecule has 2 aromatic carbocycles. The van der Waals surface area contributed by atoms with Crippen LogP contribution in [0.4, 0.5) is 0 Å². The van der Waals surface area contributed by atoms with Gasteiger partial charge in [0, 0.05) is 17.5 Å². The molecule has 5 nitrogen and oxygen atoms in total. The van der Waals surface area contributed by atoms with Crippen molar-refractivity contribution in [3.8, 4) is 5.69 Å². The number of nitrogens with zero attached hydrogens (tertiary/aromatic N) is 1. The fourth-order valence-corrected chi connectivity index (χ4v) is 3.85. The van der Waals surface area contributed by atoms with Crippen LogP contribution in [0.1, 0.15) is 11.3 Å². The van der Waals surface area contributed by atoms with Crippen LogP contribution in [0.2, 0.25) is 0 Å². The van der Waals surface area contributed by atoms with Crippen molar-refractivity contribution in [1.82, 2.24) is 4.57 Å². The molecule has 0 spiro atoms. The minimum absolute atomic E-state index is 0.0272. The van der Waals surface area contributed by atoms with E-state index in [9.17, 15) is 9.59 Å². The van der Waals surface area contributed by atoms with Gasteiger partial charge in [-0.15, -0.1) is 0 Å². The Hall–Kier alpha value is -3.34. The molecular weight excluding hydrogens is 342 g/mol. The summed E-state index contributed by atoms with van der Waals surface area (Å²) in [5, 5.41) is 0.939. The van der Waals surface area contributed by atoms with Crippen LogP contribution in [0.3, 0.4) is 0 Å². The molecule has 5 heteroatoms. The molecule has 136 valence electrons. The Bertz CT molecular complexity index is 1070. The monoisotopic (exact) mass is 361 g/mol. The van der Waals surface area contributed by atoms with Crippen LogP contribution in [0, 0.1) is 0 Å². The molecule has 0 amide bonds. The lowest BCUT2D eigenvalue weighted by molar-refractivity contribution is -0.163. The Labute approximate surface area is 156 Å². The summed E-state index contributed by atoms with van der Waals surface area (Å²) in [5.74, 6) is -1.26. The van der Waals surface area contributed by atoms with Crippen molar-refractivity contribution < 1.29 is 19.1 Å². The average molecular weight is 361 g/mol. The van der Waals surface area contributed by atoms with Crippen LogP contribution in [0.25, 0.3) is 16.6 Å². The number of ether oxygens (including phenoxy) is 2. The molecule has 27 heavy (non-hydrogen) atoms. The van der Waals surface area contributed by atoms with Crippen LogP contribution >= 0.6 is 0 Å². The molecule has 3 aromatic rings. The van der Waals surface area contributed by atoms with E-state index in [-0.39, 0.29) is 13.0 Å². The van der Waals surface area contributed by atoms with Crippen molar-refractivity contribution in [3.05, 3.63) is 78.5 Å².